The minimum atomic E-state index is -4.78. The highest BCUT2D eigenvalue weighted by Gasteiger charge is 2.46. The van der Waals surface area contributed by atoms with Crippen LogP contribution in [0, 0.1) is 5.92 Å². The molecule has 0 spiro atoms. The van der Waals surface area contributed by atoms with E-state index in [-0.39, 0.29) is 55.4 Å². The fourth-order valence-corrected chi connectivity index (χ4v) is 4.35. The number of alkyl halides is 5. The van der Waals surface area contributed by atoms with E-state index >= 15 is 0 Å². The maximum Gasteiger partial charge on any atom is 0.420 e. The van der Waals surface area contributed by atoms with Crippen LogP contribution in [0.4, 0.5) is 27.6 Å². The molecule has 2 aromatic heterocycles. The van der Waals surface area contributed by atoms with E-state index in [1.807, 2.05) is 0 Å². The summed E-state index contributed by atoms with van der Waals surface area (Å²) in [5, 5.41) is 12.5. The fourth-order valence-electron chi connectivity index (χ4n) is 4.03. The molecule has 32 heavy (non-hydrogen) atoms. The third kappa shape index (κ3) is 5.06. The molecule has 2 aromatic rings. The van der Waals surface area contributed by atoms with Crippen molar-refractivity contribution in [2.45, 2.75) is 68.1 Å². The number of amides is 1. The first-order chi connectivity index (χ1) is 15.1. The molecule has 0 unspecified atom stereocenters. The molecule has 3 N–H and O–H groups in total. The maximum absolute atomic E-state index is 14.0. The Balaban J connectivity index is 1.68. The molecule has 6 nitrogen and oxygen atoms in total. The zero-order valence-electron chi connectivity index (χ0n) is 17.0. The van der Waals surface area contributed by atoms with Crippen LogP contribution < -0.4 is 10.5 Å². The Morgan fingerprint density at radius 3 is 2.53 bits per heavy atom. The van der Waals surface area contributed by atoms with Gasteiger partial charge < -0.3 is 5.32 Å². The van der Waals surface area contributed by atoms with Crippen molar-refractivity contribution in [2.75, 3.05) is 5.32 Å². The van der Waals surface area contributed by atoms with Crippen LogP contribution in [0.15, 0.2) is 23.4 Å². The molecule has 2 aliphatic rings. The van der Waals surface area contributed by atoms with Gasteiger partial charge in [-0.3, -0.25) is 14.6 Å². The van der Waals surface area contributed by atoms with Crippen LogP contribution in [0.5, 0.6) is 0 Å². The lowest BCUT2D eigenvalue weighted by Crippen LogP contribution is -2.29. The number of nitrogens with zero attached hydrogens (tertiary/aromatic N) is 3. The second-order valence-corrected chi connectivity index (χ2v) is 8.97. The Bertz CT molecular complexity index is 995. The second kappa shape index (κ2) is 8.62. The second-order valence-electron chi connectivity index (χ2n) is 8.32. The fraction of sp³-hybridized carbons (Fsp3) is 0.550. The van der Waals surface area contributed by atoms with E-state index in [0.29, 0.717) is 17.9 Å². The maximum atomic E-state index is 14.0. The summed E-state index contributed by atoms with van der Waals surface area (Å²) in [6, 6.07) is 2.89. The lowest BCUT2D eigenvalue weighted by molar-refractivity contribution is -0.138. The summed E-state index contributed by atoms with van der Waals surface area (Å²) < 4.78 is 70.2. The average Bonchev–Trinajstić information content (AvgIpc) is 3.49. The number of carbonyl (C=O) groups is 1. The highest BCUT2D eigenvalue weighted by molar-refractivity contribution is 7.97. The normalized spacial score (nSPS) is 19.2. The molecule has 2 fully saturated rings. The first-order valence-electron chi connectivity index (χ1n) is 10.3. The van der Waals surface area contributed by atoms with E-state index in [1.165, 1.54) is 18.3 Å². The number of hydrogen-bond donors (Lipinski definition) is 2. The lowest BCUT2D eigenvalue weighted by atomic mass is 9.87. The highest BCUT2D eigenvalue weighted by Crippen LogP contribution is 2.47. The van der Waals surface area contributed by atoms with Gasteiger partial charge in [0.05, 0.1) is 5.69 Å². The van der Waals surface area contributed by atoms with Crippen molar-refractivity contribution in [3.05, 3.63) is 35.3 Å². The van der Waals surface area contributed by atoms with Crippen LogP contribution in [0.1, 0.15) is 66.2 Å². The molecule has 2 saturated carbocycles. The van der Waals surface area contributed by atoms with E-state index in [4.69, 9.17) is 5.14 Å². The van der Waals surface area contributed by atoms with Crippen molar-refractivity contribution in [2.24, 2.45) is 11.1 Å². The topological polar surface area (TPSA) is 85.8 Å². The number of anilines is 1. The number of halogens is 5. The van der Waals surface area contributed by atoms with Gasteiger partial charge >= 0.3 is 6.18 Å². The predicted molar refractivity (Wildman–Crippen MR) is 108 cm³/mol. The zero-order valence-corrected chi connectivity index (χ0v) is 17.8. The van der Waals surface area contributed by atoms with E-state index in [9.17, 15) is 26.7 Å². The van der Waals surface area contributed by atoms with Gasteiger partial charge in [-0.05, 0) is 55.7 Å². The summed E-state index contributed by atoms with van der Waals surface area (Å²) in [6.45, 7) is -0.0190. The smallest absolute Gasteiger partial charge is 0.320 e. The third-order valence-electron chi connectivity index (χ3n) is 5.82. The molecule has 4 rings (SSSR count). The molecule has 0 aromatic carbocycles. The summed E-state index contributed by atoms with van der Waals surface area (Å²) in [7, 11) is 0. The van der Waals surface area contributed by atoms with Gasteiger partial charge in [-0.25, -0.2) is 13.8 Å². The molecule has 0 saturated heterocycles. The van der Waals surface area contributed by atoms with Crippen LogP contribution in [0.25, 0.3) is 0 Å². The number of nitrogens with two attached hydrogens (primary N) is 1. The highest BCUT2D eigenvalue weighted by atomic mass is 32.2. The van der Waals surface area contributed by atoms with Crippen LogP contribution in [-0.2, 0) is 12.7 Å². The van der Waals surface area contributed by atoms with Crippen molar-refractivity contribution in [3.8, 4) is 0 Å². The molecule has 0 aliphatic heterocycles. The van der Waals surface area contributed by atoms with Gasteiger partial charge in [0.2, 0.25) is 5.92 Å². The molecule has 0 bridgehead atoms. The zero-order chi connectivity index (χ0) is 23.1. The molecule has 0 atom stereocenters. The molecule has 2 heterocycles. The van der Waals surface area contributed by atoms with Crippen LogP contribution >= 0.6 is 11.9 Å². The van der Waals surface area contributed by atoms with Gasteiger partial charge in [0, 0.05) is 37.2 Å². The Labute approximate surface area is 185 Å². The summed E-state index contributed by atoms with van der Waals surface area (Å²) >= 11 is 0.835. The molecule has 1 amide bonds. The molecule has 12 heteroatoms. The third-order valence-corrected chi connectivity index (χ3v) is 6.29. The van der Waals surface area contributed by atoms with Crippen molar-refractivity contribution in [1.82, 2.24) is 14.8 Å². The quantitative estimate of drug-likeness (QED) is 0.442. The minimum Gasteiger partial charge on any atom is -0.320 e. The van der Waals surface area contributed by atoms with Gasteiger partial charge in [-0.1, -0.05) is 0 Å². The predicted octanol–water partition coefficient (Wildman–Crippen LogP) is 5.22. The number of carbonyl (C=O) groups excluding carboxylic acids is 1. The SMILES string of the molecule is NSc1cc(NC(=O)c2c(C(F)(F)F)c(C3CC3)nn2CC2CCC(F)(F)CC2)ccn1. The van der Waals surface area contributed by atoms with E-state index < -0.39 is 29.3 Å². The lowest BCUT2D eigenvalue weighted by Gasteiger charge is -2.28. The summed E-state index contributed by atoms with van der Waals surface area (Å²) in [5.74, 6) is -4.35. The van der Waals surface area contributed by atoms with E-state index in [2.05, 4.69) is 15.4 Å². The molecule has 174 valence electrons. The van der Waals surface area contributed by atoms with Gasteiger partial charge in [0.25, 0.3) is 5.91 Å². The van der Waals surface area contributed by atoms with Gasteiger partial charge in [-0.2, -0.15) is 18.3 Å². The van der Waals surface area contributed by atoms with Gasteiger partial charge in [0.1, 0.15) is 16.3 Å². The molecular weight excluding hydrogens is 453 g/mol. The van der Waals surface area contributed by atoms with E-state index in [1.54, 1.807) is 0 Å². The largest absolute Gasteiger partial charge is 0.420 e. The number of rotatable bonds is 6. The summed E-state index contributed by atoms with van der Waals surface area (Å²) in [5.41, 5.74) is -1.53. The van der Waals surface area contributed by atoms with E-state index in [0.717, 1.165) is 16.6 Å². The van der Waals surface area contributed by atoms with Crippen molar-refractivity contribution in [1.29, 1.82) is 0 Å². The summed E-state index contributed by atoms with van der Waals surface area (Å²) in [6.07, 6.45) is -2.58. The molecule has 0 radical (unpaired) electrons. The Hall–Kier alpha value is -2.21. The first-order valence-corrected chi connectivity index (χ1v) is 11.2. The van der Waals surface area contributed by atoms with Gasteiger partial charge in [-0.15, -0.1) is 0 Å². The average molecular weight is 475 g/mol. The minimum absolute atomic E-state index is 0.0190. The Kier molecular flexibility index (Phi) is 6.19. The number of pyridine rings is 1. The van der Waals surface area contributed by atoms with Gasteiger partial charge in [0.15, 0.2) is 0 Å². The number of aromatic nitrogens is 3. The van der Waals surface area contributed by atoms with Crippen molar-refractivity contribution < 1.29 is 26.7 Å². The standard InChI is InChI=1S/C20H22F5N5OS/c21-19(22)6-3-11(4-7-19)10-30-17(15(20(23,24)25)16(29-30)12-1-2-12)18(31)28-13-5-8-27-14(9-13)32-26/h5,8-9,11-12H,1-4,6-7,10,26H2,(H,27,28,31). The number of nitrogens with one attached hydrogen (secondary N) is 1. The van der Waals surface area contributed by atoms with Crippen LogP contribution in [0.3, 0.4) is 0 Å². The van der Waals surface area contributed by atoms with Crippen LogP contribution in [0.2, 0.25) is 0 Å². The molecular formula is C20H22F5N5OS. The first kappa shape index (κ1) is 23.0. The monoisotopic (exact) mass is 475 g/mol. The Morgan fingerprint density at radius 2 is 1.94 bits per heavy atom. The van der Waals surface area contributed by atoms with Crippen molar-refractivity contribution >= 4 is 23.5 Å². The van der Waals surface area contributed by atoms with Crippen molar-refractivity contribution in [3.63, 3.8) is 0 Å². The number of hydrogen-bond acceptors (Lipinski definition) is 5. The summed E-state index contributed by atoms with van der Waals surface area (Å²) in [4.78, 5) is 17.0. The Morgan fingerprint density at radius 1 is 1.25 bits per heavy atom. The molecule has 2 aliphatic carbocycles. The van der Waals surface area contributed by atoms with Crippen LogP contribution in [-0.4, -0.2) is 26.6 Å².